The monoisotopic (exact) mass is 389 g/mol. The third-order valence-electron chi connectivity index (χ3n) is 5.21. The minimum absolute atomic E-state index is 0.170. The summed E-state index contributed by atoms with van der Waals surface area (Å²) in [5, 5.41) is 4.83. The molecule has 27 heavy (non-hydrogen) atoms. The van der Waals surface area contributed by atoms with Crippen LogP contribution in [0.25, 0.3) is 0 Å². The summed E-state index contributed by atoms with van der Waals surface area (Å²) in [4.78, 5) is 20.7. The average molecular weight is 390 g/mol. The first-order valence-electron chi connectivity index (χ1n) is 9.63. The van der Waals surface area contributed by atoms with E-state index in [9.17, 15) is 4.79 Å². The van der Waals surface area contributed by atoms with Gasteiger partial charge in [0.25, 0.3) is 0 Å². The minimum atomic E-state index is 0.170. The average Bonchev–Trinajstić information content (AvgIpc) is 3.19. The van der Waals surface area contributed by atoms with Crippen LogP contribution < -0.4 is 0 Å². The predicted octanol–water partition coefficient (Wildman–Crippen LogP) is 2.73. The molecule has 0 N–H and O–H groups in total. The Hall–Kier alpha value is -1.92. The van der Waals surface area contributed by atoms with Crippen LogP contribution in [0.2, 0.25) is 5.02 Å². The normalized spacial score (nSPS) is 17.8. The Bertz CT molecular complexity index is 704. The molecule has 0 radical (unpaired) electrons. The van der Waals surface area contributed by atoms with Crippen LogP contribution >= 0.6 is 11.6 Å². The van der Waals surface area contributed by atoms with Gasteiger partial charge >= 0.3 is 0 Å². The molecule has 6 nitrogen and oxygen atoms in total. The molecule has 0 spiro atoms. The van der Waals surface area contributed by atoms with E-state index in [1.165, 1.54) is 24.7 Å². The van der Waals surface area contributed by atoms with Crippen LogP contribution in [0.4, 0.5) is 0 Å². The smallest absolute Gasteiger partial charge is 0.224 e. The maximum atomic E-state index is 12.4. The second kappa shape index (κ2) is 9.85. The van der Waals surface area contributed by atoms with Gasteiger partial charge in [-0.25, -0.2) is 4.98 Å². The van der Waals surface area contributed by atoms with Gasteiger partial charge in [-0.2, -0.15) is 5.10 Å². The van der Waals surface area contributed by atoms with Crippen molar-refractivity contribution in [1.82, 2.24) is 24.6 Å². The maximum absolute atomic E-state index is 12.4. The summed E-state index contributed by atoms with van der Waals surface area (Å²) in [6.07, 6.45) is 7.04. The highest BCUT2D eigenvalue weighted by Gasteiger charge is 2.22. The number of aryl methyl sites for hydroxylation is 1. The lowest BCUT2D eigenvalue weighted by Crippen LogP contribution is -2.42. The molecule has 1 aliphatic rings. The number of rotatable bonds is 8. The number of carbonyl (C=O) groups is 1. The number of amides is 1. The number of hydrogen-bond acceptors (Lipinski definition) is 4. The highest BCUT2D eigenvalue weighted by atomic mass is 35.5. The first kappa shape index (κ1) is 19.8. The van der Waals surface area contributed by atoms with Gasteiger partial charge in [-0.15, -0.1) is 0 Å². The van der Waals surface area contributed by atoms with E-state index in [-0.39, 0.29) is 5.91 Å². The van der Waals surface area contributed by atoms with Gasteiger partial charge < -0.3 is 9.80 Å². The summed E-state index contributed by atoms with van der Waals surface area (Å²) < 4.78 is 1.70. The summed E-state index contributed by atoms with van der Waals surface area (Å²) in [5.41, 5.74) is 1.32. The zero-order chi connectivity index (χ0) is 19.1. The van der Waals surface area contributed by atoms with Crippen molar-refractivity contribution in [2.24, 2.45) is 5.92 Å². The molecule has 1 amide bonds. The standard InChI is InChI=1S/C20H28ClN5O/c1-24(20(27)9-12-26-16-22-15-23-26)13-18-3-2-10-25(14-18)11-8-17-4-6-19(21)7-5-17/h4-7,15-16,18H,2-3,8-14H2,1H3/t18-/m0/s1. The summed E-state index contributed by atoms with van der Waals surface area (Å²) in [5.74, 6) is 0.716. The number of piperidine rings is 1. The van der Waals surface area contributed by atoms with Crippen LogP contribution in [0, 0.1) is 5.92 Å². The number of nitrogens with zero attached hydrogens (tertiary/aromatic N) is 5. The van der Waals surface area contributed by atoms with Crippen LogP contribution in [-0.2, 0) is 17.8 Å². The van der Waals surface area contributed by atoms with E-state index in [0.717, 1.165) is 37.6 Å². The molecule has 1 aromatic carbocycles. The summed E-state index contributed by atoms with van der Waals surface area (Å²) >= 11 is 5.95. The molecule has 0 bridgehead atoms. The number of carbonyl (C=O) groups excluding carboxylic acids is 1. The summed E-state index contributed by atoms with van der Waals surface area (Å²) in [7, 11) is 1.91. The Balaban J connectivity index is 1.40. The van der Waals surface area contributed by atoms with Gasteiger partial charge in [-0.1, -0.05) is 23.7 Å². The van der Waals surface area contributed by atoms with Crippen molar-refractivity contribution in [3.8, 4) is 0 Å². The largest absolute Gasteiger partial charge is 0.345 e. The minimum Gasteiger partial charge on any atom is -0.345 e. The lowest BCUT2D eigenvalue weighted by Gasteiger charge is -2.34. The fourth-order valence-electron chi connectivity index (χ4n) is 3.68. The number of aromatic nitrogens is 3. The molecule has 1 aliphatic heterocycles. The fourth-order valence-corrected chi connectivity index (χ4v) is 3.81. The van der Waals surface area contributed by atoms with E-state index in [1.54, 1.807) is 11.0 Å². The van der Waals surface area contributed by atoms with Gasteiger partial charge in [0.1, 0.15) is 12.7 Å². The SMILES string of the molecule is CN(C[C@@H]1CCCN(CCc2ccc(Cl)cc2)C1)C(=O)CCn1cncn1. The molecule has 1 aromatic heterocycles. The molecule has 0 unspecified atom stereocenters. The van der Waals surface area contributed by atoms with Crippen LogP contribution in [0.5, 0.6) is 0 Å². The predicted molar refractivity (Wildman–Crippen MR) is 107 cm³/mol. The van der Waals surface area contributed by atoms with E-state index in [4.69, 9.17) is 11.6 Å². The second-order valence-electron chi connectivity index (χ2n) is 7.37. The van der Waals surface area contributed by atoms with Crippen molar-refractivity contribution in [2.45, 2.75) is 32.2 Å². The van der Waals surface area contributed by atoms with Crippen LogP contribution in [-0.4, -0.2) is 63.7 Å². The van der Waals surface area contributed by atoms with Crippen LogP contribution in [0.15, 0.2) is 36.9 Å². The Morgan fingerprint density at radius 1 is 1.30 bits per heavy atom. The number of hydrogen-bond donors (Lipinski definition) is 0. The molecule has 3 rings (SSSR count). The fraction of sp³-hybridized carbons (Fsp3) is 0.550. The van der Waals surface area contributed by atoms with E-state index in [1.807, 2.05) is 24.1 Å². The van der Waals surface area contributed by atoms with Crippen molar-refractivity contribution < 1.29 is 4.79 Å². The summed E-state index contributed by atoms with van der Waals surface area (Å²) in [6, 6.07) is 8.11. The van der Waals surface area contributed by atoms with E-state index >= 15 is 0 Å². The van der Waals surface area contributed by atoms with Gasteiger partial charge in [0.2, 0.25) is 5.91 Å². The zero-order valence-electron chi connectivity index (χ0n) is 15.9. The quantitative estimate of drug-likeness (QED) is 0.696. The van der Waals surface area contributed by atoms with Crippen molar-refractivity contribution in [3.63, 3.8) is 0 Å². The molecule has 0 saturated carbocycles. The lowest BCUT2D eigenvalue weighted by atomic mass is 9.97. The molecule has 2 aromatic rings. The van der Waals surface area contributed by atoms with Gasteiger partial charge in [-0.05, 0) is 49.4 Å². The van der Waals surface area contributed by atoms with Gasteiger partial charge in [0, 0.05) is 38.1 Å². The molecular formula is C20H28ClN5O. The molecule has 0 aliphatic carbocycles. The second-order valence-corrected chi connectivity index (χ2v) is 7.80. The topological polar surface area (TPSA) is 54.3 Å². The molecule has 146 valence electrons. The molecule has 1 atom stereocenters. The number of likely N-dealkylation sites (tertiary alicyclic amines) is 1. The Kier molecular flexibility index (Phi) is 7.24. The Morgan fingerprint density at radius 2 is 2.11 bits per heavy atom. The van der Waals surface area contributed by atoms with Gasteiger partial charge in [0.15, 0.2) is 0 Å². The molecule has 2 heterocycles. The van der Waals surface area contributed by atoms with Crippen LogP contribution in [0.3, 0.4) is 0 Å². The highest BCUT2D eigenvalue weighted by molar-refractivity contribution is 6.30. The third kappa shape index (κ3) is 6.33. The maximum Gasteiger partial charge on any atom is 0.224 e. The van der Waals surface area contributed by atoms with Crippen molar-refractivity contribution in [2.75, 3.05) is 33.2 Å². The van der Waals surface area contributed by atoms with E-state index < -0.39 is 0 Å². The summed E-state index contributed by atoms with van der Waals surface area (Å²) in [6.45, 7) is 4.68. The zero-order valence-corrected chi connectivity index (χ0v) is 16.7. The Labute approximate surface area is 166 Å². The first-order valence-corrected chi connectivity index (χ1v) is 10.0. The van der Waals surface area contributed by atoms with Crippen molar-refractivity contribution in [3.05, 3.63) is 47.5 Å². The first-order chi connectivity index (χ1) is 13.1. The number of benzene rings is 1. The van der Waals surface area contributed by atoms with Gasteiger partial charge in [0.05, 0.1) is 6.54 Å². The Morgan fingerprint density at radius 3 is 2.85 bits per heavy atom. The number of halogens is 1. The van der Waals surface area contributed by atoms with E-state index in [0.29, 0.717) is 18.9 Å². The van der Waals surface area contributed by atoms with E-state index in [2.05, 4.69) is 27.1 Å². The molecule has 1 saturated heterocycles. The van der Waals surface area contributed by atoms with Crippen LogP contribution in [0.1, 0.15) is 24.8 Å². The third-order valence-corrected chi connectivity index (χ3v) is 5.46. The van der Waals surface area contributed by atoms with Crippen molar-refractivity contribution >= 4 is 17.5 Å². The molecule has 1 fully saturated rings. The lowest BCUT2D eigenvalue weighted by molar-refractivity contribution is -0.131. The van der Waals surface area contributed by atoms with Crippen molar-refractivity contribution in [1.29, 1.82) is 0 Å². The highest BCUT2D eigenvalue weighted by Crippen LogP contribution is 2.18. The molecule has 7 heteroatoms. The molecular weight excluding hydrogens is 362 g/mol. The van der Waals surface area contributed by atoms with Gasteiger partial charge in [-0.3, -0.25) is 9.48 Å².